The molecule has 4 fully saturated rings. The molecular weight excluding hydrogens is 641 g/mol. The van der Waals surface area contributed by atoms with Crippen LogP contribution in [0.3, 0.4) is 0 Å². The summed E-state index contributed by atoms with van der Waals surface area (Å²) in [5, 5.41) is 0. The molecule has 0 radical (unpaired) electrons. The van der Waals surface area contributed by atoms with Crippen LogP contribution < -0.4 is 4.74 Å². The minimum Gasteiger partial charge on any atom is -0.432 e. The Morgan fingerprint density at radius 1 is 0.688 bits per heavy atom. The molecule has 1 saturated heterocycles. The molecule has 0 N–H and O–H groups in total. The molecule has 274 valence electrons. The molecule has 0 aromatic heterocycles. The van der Waals surface area contributed by atoms with Gasteiger partial charge >= 0.3 is 12.2 Å². The number of hydrogen-bond donors (Lipinski definition) is 0. The van der Waals surface area contributed by atoms with Crippen LogP contribution in [0.1, 0.15) is 122 Å². The monoisotopic (exact) mass is 694 g/mol. The maximum Gasteiger partial charge on any atom is 0.397 e. The highest BCUT2D eigenvalue weighted by molar-refractivity contribution is 5.25. The highest BCUT2D eigenvalue weighted by atomic mass is 19.3. The lowest BCUT2D eigenvalue weighted by molar-refractivity contribution is -0.302. The van der Waals surface area contributed by atoms with Crippen molar-refractivity contribution in [3.05, 3.63) is 29.6 Å². The van der Waals surface area contributed by atoms with E-state index in [4.69, 9.17) is 14.2 Å². The van der Waals surface area contributed by atoms with Crippen molar-refractivity contribution < 1.29 is 49.7 Å². The van der Waals surface area contributed by atoms with Crippen molar-refractivity contribution in [2.45, 2.75) is 147 Å². The van der Waals surface area contributed by atoms with Gasteiger partial charge in [-0.2, -0.15) is 17.6 Å². The van der Waals surface area contributed by atoms with Gasteiger partial charge in [-0.3, -0.25) is 0 Å². The molecule has 5 rings (SSSR count). The summed E-state index contributed by atoms with van der Waals surface area (Å²) < 4.78 is 121. The summed E-state index contributed by atoms with van der Waals surface area (Å²) in [6.45, 7) is 3.81. The summed E-state index contributed by atoms with van der Waals surface area (Å²) in [6, 6.07) is 0.730. The first kappa shape index (κ1) is 37.7. The summed E-state index contributed by atoms with van der Waals surface area (Å²) in [4.78, 5) is 0. The Balaban J connectivity index is 0.962. The SMILES string of the molecule is CCCCCC1COC(C2CCC(C3CCC(OC(F)(F)C4CCC(CCC(F)(F)Oc5cc(F)c(F)c(F)c5)CC4)CC3)CC2)OC1. The Morgan fingerprint density at radius 2 is 1.25 bits per heavy atom. The fourth-order valence-corrected chi connectivity index (χ4v) is 8.54. The fraction of sp³-hybridized carbons (Fsp3) is 0.838. The Labute approximate surface area is 280 Å². The topological polar surface area (TPSA) is 36.9 Å². The van der Waals surface area contributed by atoms with Crippen LogP contribution in [0.15, 0.2) is 12.1 Å². The predicted octanol–water partition coefficient (Wildman–Crippen LogP) is 11.2. The van der Waals surface area contributed by atoms with E-state index in [0.29, 0.717) is 61.5 Å². The maximum absolute atomic E-state index is 15.2. The first-order valence-electron chi connectivity index (χ1n) is 18.4. The molecule has 0 atom stereocenters. The number of hydrogen-bond acceptors (Lipinski definition) is 4. The van der Waals surface area contributed by atoms with E-state index in [9.17, 15) is 22.0 Å². The number of halogens is 7. The van der Waals surface area contributed by atoms with Crippen molar-refractivity contribution in [1.29, 1.82) is 0 Å². The lowest BCUT2D eigenvalue weighted by Gasteiger charge is -2.41. The van der Waals surface area contributed by atoms with E-state index in [-0.39, 0.29) is 31.5 Å². The third-order valence-corrected chi connectivity index (χ3v) is 11.5. The Kier molecular flexibility index (Phi) is 13.4. The van der Waals surface area contributed by atoms with Gasteiger partial charge in [-0.15, -0.1) is 0 Å². The van der Waals surface area contributed by atoms with Crippen LogP contribution in [-0.4, -0.2) is 37.8 Å². The first-order valence-corrected chi connectivity index (χ1v) is 18.4. The van der Waals surface area contributed by atoms with Gasteiger partial charge in [0.2, 0.25) is 0 Å². The van der Waals surface area contributed by atoms with Gasteiger partial charge in [0.15, 0.2) is 23.7 Å². The first-order chi connectivity index (χ1) is 22.9. The number of ether oxygens (including phenoxy) is 4. The van der Waals surface area contributed by atoms with E-state index >= 15 is 8.78 Å². The number of rotatable bonds is 14. The Bertz CT molecular complexity index is 1100. The maximum atomic E-state index is 15.2. The van der Waals surface area contributed by atoms with Gasteiger partial charge in [-0.05, 0) is 108 Å². The highest BCUT2D eigenvalue weighted by Gasteiger charge is 2.46. The molecule has 0 spiro atoms. The molecule has 4 nitrogen and oxygen atoms in total. The molecule has 0 amide bonds. The van der Waals surface area contributed by atoms with E-state index in [1.165, 1.54) is 25.7 Å². The van der Waals surface area contributed by atoms with Gasteiger partial charge in [-0.25, -0.2) is 13.2 Å². The van der Waals surface area contributed by atoms with Crippen LogP contribution in [0.2, 0.25) is 0 Å². The third-order valence-electron chi connectivity index (χ3n) is 11.5. The number of alkyl halides is 4. The van der Waals surface area contributed by atoms with E-state index < -0.39 is 53.9 Å². The van der Waals surface area contributed by atoms with Crippen molar-refractivity contribution in [3.63, 3.8) is 0 Å². The molecule has 0 bridgehead atoms. The van der Waals surface area contributed by atoms with Crippen LogP contribution in [-0.2, 0) is 14.2 Å². The molecule has 4 aliphatic rings. The highest BCUT2D eigenvalue weighted by Crippen LogP contribution is 2.46. The molecule has 1 aliphatic heterocycles. The lowest BCUT2D eigenvalue weighted by Crippen LogP contribution is -2.40. The van der Waals surface area contributed by atoms with Crippen LogP contribution in [0, 0.1) is 53.0 Å². The zero-order chi connectivity index (χ0) is 34.3. The smallest absolute Gasteiger partial charge is 0.397 e. The Morgan fingerprint density at radius 3 is 1.83 bits per heavy atom. The molecule has 0 unspecified atom stereocenters. The van der Waals surface area contributed by atoms with E-state index in [2.05, 4.69) is 11.7 Å². The van der Waals surface area contributed by atoms with Crippen LogP contribution in [0.25, 0.3) is 0 Å². The third kappa shape index (κ3) is 10.5. The van der Waals surface area contributed by atoms with Gasteiger partial charge in [0.05, 0.1) is 31.7 Å². The fourth-order valence-electron chi connectivity index (χ4n) is 8.54. The van der Waals surface area contributed by atoms with Gasteiger partial charge in [0.25, 0.3) is 0 Å². The summed E-state index contributed by atoms with van der Waals surface area (Å²) >= 11 is 0. The lowest BCUT2D eigenvalue weighted by atomic mass is 9.70. The van der Waals surface area contributed by atoms with Gasteiger partial charge < -0.3 is 18.9 Å². The van der Waals surface area contributed by atoms with E-state index in [0.717, 1.165) is 51.7 Å². The van der Waals surface area contributed by atoms with E-state index in [1.807, 2.05) is 0 Å². The van der Waals surface area contributed by atoms with Crippen LogP contribution >= 0.6 is 0 Å². The summed E-state index contributed by atoms with van der Waals surface area (Å²) in [5.41, 5.74) is 0. The summed E-state index contributed by atoms with van der Waals surface area (Å²) in [6.07, 6.45) is 5.10. The summed E-state index contributed by atoms with van der Waals surface area (Å²) in [7, 11) is 0. The number of benzene rings is 1. The van der Waals surface area contributed by atoms with Gasteiger partial charge in [0, 0.05) is 24.0 Å². The number of unbranched alkanes of at least 4 members (excludes halogenated alkanes) is 2. The Hall–Kier alpha value is -1.59. The summed E-state index contributed by atoms with van der Waals surface area (Å²) in [5.74, 6) is -4.90. The molecule has 1 aromatic carbocycles. The molecular formula is C37H53F7O4. The van der Waals surface area contributed by atoms with E-state index in [1.54, 1.807) is 0 Å². The predicted molar refractivity (Wildman–Crippen MR) is 167 cm³/mol. The van der Waals surface area contributed by atoms with Crippen LogP contribution in [0.5, 0.6) is 5.75 Å². The van der Waals surface area contributed by atoms with Crippen molar-refractivity contribution in [3.8, 4) is 5.75 Å². The molecule has 1 aromatic rings. The van der Waals surface area contributed by atoms with Crippen LogP contribution in [0.4, 0.5) is 30.7 Å². The quantitative estimate of drug-likeness (QED) is 0.110. The second-order valence-electron chi connectivity index (χ2n) is 15.0. The molecule has 1 heterocycles. The van der Waals surface area contributed by atoms with Crippen molar-refractivity contribution in [2.24, 2.45) is 35.5 Å². The second-order valence-corrected chi connectivity index (χ2v) is 15.0. The molecule has 11 heteroatoms. The van der Waals surface area contributed by atoms with Crippen molar-refractivity contribution >= 4 is 0 Å². The van der Waals surface area contributed by atoms with Crippen molar-refractivity contribution in [1.82, 2.24) is 0 Å². The minimum atomic E-state index is -3.74. The van der Waals surface area contributed by atoms with Gasteiger partial charge in [-0.1, -0.05) is 26.2 Å². The zero-order valence-corrected chi connectivity index (χ0v) is 28.2. The normalized spacial score (nSPS) is 32.2. The zero-order valence-electron chi connectivity index (χ0n) is 28.2. The molecule has 3 aliphatic carbocycles. The molecule has 48 heavy (non-hydrogen) atoms. The standard InChI is InChI=1S/C37H53F7O4/c1-2-3-4-5-25-22-45-35(46-23-25)28-10-8-26(9-11-28)27-12-16-30(17-13-27)48-37(43,44)29-14-6-24(7-15-29)18-19-36(41,42)47-31-20-32(38)34(40)33(39)21-31/h20-21,24-30,35H,2-19,22-23H2,1H3. The van der Waals surface area contributed by atoms with Gasteiger partial charge in [0.1, 0.15) is 5.75 Å². The largest absolute Gasteiger partial charge is 0.432 e. The average Bonchev–Trinajstić information content (AvgIpc) is 3.07. The van der Waals surface area contributed by atoms with Crippen molar-refractivity contribution in [2.75, 3.05) is 13.2 Å². The molecule has 3 saturated carbocycles. The average molecular weight is 695 g/mol. The second kappa shape index (κ2) is 17.1. The minimum absolute atomic E-state index is 0.00449.